The third-order valence-corrected chi connectivity index (χ3v) is 10.5. The van der Waals surface area contributed by atoms with Gasteiger partial charge >= 0.3 is 0 Å². The normalized spacial score (nSPS) is 21.8. The van der Waals surface area contributed by atoms with Crippen LogP contribution in [0.15, 0.2) is 24.3 Å². The van der Waals surface area contributed by atoms with Crippen LogP contribution in [0.4, 0.5) is 0 Å². The number of hydrogen-bond acceptors (Lipinski definition) is 8. The zero-order chi connectivity index (χ0) is 38.8. The van der Waals surface area contributed by atoms with Crippen LogP contribution >= 0.6 is 0 Å². The summed E-state index contributed by atoms with van der Waals surface area (Å²) in [7, 11) is 0. The first-order chi connectivity index (χ1) is 25.8. The van der Waals surface area contributed by atoms with E-state index in [1.54, 1.807) is 6.08 Å². The molecule has 6 N–H and O–H groups in total. The van der Waals surface area contributed by atoms with E-state index in [-0.39, 0.29) is 18.9 Å². The molecule has 0 aromatic carbocycles. The number of rotatable bonds is 36. The van der Waals surface area contributed by atoms with Crippen molar-refractivity contribution in [1.82, 2.24) is 5.32 Å². The summed E-state index contributed by atoms with van der Waals surface area (Å²) in [5, 5.41) is 53.2. The highest BCUT2D eigenvalue weighted by Gasteiger charge is 2.44. The van der Waals surface area contributed by atoms with Gasteiger partial charge in [0.15, 0.2) is 6.29 Å². The zero-order valence-electron chi connectivity index (χ0n) is 34.0. The largest absolute Gasteiger partial charge is 0.394 e. The van der Waals surface area contributed by atoms with Gasteiger partial charge in [-0.3, -0.25) is 4.79 Å². The number of ether oxygens (including phenoxy) is 2. The zero-order valence-corrected chi connectivity index (χ0v) is 34.0. The molecule has 1 aliphatic heterocycles. The lowest BCUT2D eigenvalue weighted by Crippen LogP contribution is -2.60. The summed E-state index contributed by atoms with van der Waals surface area (Å²) >= 11 is 0. The molecule has 7 unspecified atom stereocenters. The molecule has 7 atom stereocenters. The molecule has 1 rings (SSSR count). The number of aliphatic hydroxyl groups excluding tert-OH is 5. The predicted molar refractivity (Wildman–Crippen MR) is 217 cm³/mol. The highest BCUT2D eigenvalue weighted by molar-refractivity contribution is 5.76. The fraction of sp³-hybridized carbons (Fsp3) is 0.886. The maximum atomic E-state index is 12.3. The number of hydrogen-bond donors (Lipinski definition) is 6. The third-order valence-electron chi connectivity index (χ3n) is 10.5. The molecule has 9 nitrogen and oxygen atoms in total. The van der Waals surface area contributed by atoms with Crippen molar-refractivity contribution in [1.29, 1.82) is 0 Å². The summed E-state index contributed by atoms with van der Waals surface area (Å²) in [6.45, 7) is 3.40. The van der Waals surface area contributed by atoms with Gasteiger partial charge in [-0.15, -0.1) is 0 Å². The van der Waals surface area contributed by atoms with Gasteiger partial charge in [0.25, 0.3) is 0 Å². The molecule has 1 heterocycles. The molecule has 0 radical (unpaired) electrons. The van der Waals surface area contributed by atoms with E-state index >= 15 is 0 Å². The minimum absolute atomic E-state index is 0.205. The lowest BCUT2D eigenvalue weighted by molar-refractivity contribution is -0.302. The molecule has 0 aromatic rings. The van der Waals surface area contributed by atoms with Crippen LogP contribution in [-0.2, 0) is 14.3 Å². The van der Waals surface area contributed by atoms with Crippen molar-refractivity contribution in [3.05, 3.63) is 24.3 Å². The Hall–Kier alpha value is -1.33. The molecule has 0 aromatic heterocycles. The van der Waals surface area contributed by atoms with Gasteiger partial charge in [-0.1, -0.05) is 179 Å². The van der Waals surface area contributed by atoms with Crippen molar-refractivity contribution >= 4 is 5.91 Å². The highest BCUT2D eigenvalue weighted by Crippen LogP contribution is 2.22. The Balaban J connectivity index is 2.03. The van der Waals surface area contributed by atoms with E-state index in [2.05, 4.69) is 24.4 Å². The molecule has 0 aliphatic carbocycles. The summed E-state index contributed by atoms with van der Waals surface area (Å²) in [4.78, 5) is 12.3. The SMILES string of the molecule is CCCCCCCCCCCCCCCCCCCCCCCCC/C=C/CC/C=C/C(O)C(COC1OC(CO)C(O)C(O)C1O)NC(=O)CCC. The van der Waals surface area contributed by atoms with Crippen LogP contribution in [0.2, 0.25) is 0 Å². The molecule has 9 heteroatoms. The van der Waals surface area contributed by atoms with E-state index in [0.717, 1.165) is 19.3 Å². The first-order valence-corrected chi connectivity index (χ1v) is 22.1. The van der Waals surface area contributed by atoms with Crippen LogP contribution in [0.25, 0.3) is 0 Å². The fourth-order valence-electron chi connectivity index (χ4n) is 6.98. The maximum absolute atomic E-state index is 12.3. The molecule has 0 saturated carbocycles. The number of allylic oxidation sites excluding steroid dienone is 3. The quantitative estimate of drug-likeness (QED) is 0.0275. The minimum Gasteiger partial charge on any atom is -0.394 e. The van der Waals surface area contributed by atoms with Crippen molar-refractivity contribution in [2.24, 2.45) is 0 Å². The number of amides is 1. The molecule has 0 bridgehead atoms. The van der Waals surface area contributed by atoms with Crippen LogP contribution in [-0.4, -0.2) is 87.5 Å². The first-order valence-electron chi connectivity index (χ1n) is 22.1. The van der Waals surface area contributed by atoms with Crippen LogP contribution < -0.4 is 5.32 Å². The number of aliphatic hydroxyl groups is 5. The number of carbonyl (C=O) groups excluding carboxylic acids is 1. The summed E-state index contributed by atoms with van der Waals surface area (Å²) in [5.74, 6) is -0.240. The average Bonchev–Trinajstić information content (AvgIpc) is 3.15. The topological polar surface area (TPSA) is 149 Å². The fourth-order valence-corrected chi connectivity index (χ4v) is 6.98. The monoisotopic (exact) mass is 754 g/mol. The average molecular weight is 754 g/mol. The Morgan fingerprint density at radius 1 is 0.623 bits per heavy atom. The van der Waals surface area contributed by atoms with Crippen LogP contribution in [0.3, 0.4) is 0 Å². The van der Waals surface area contributed by atoms with Gasteiger partial charge in [0.05, 0.1) is 25.4 Å². The van der Waals surface area contributed by atoms with E-state index in [1.165, 1.54) is 148 Å². The molecule has 53 heavy (non-hydrogen) atoms. The van der Waals surface area contributed by atoms with Gasteiger partial charge in [0.1, 0.15) is 24.4 Å². The van der Waals surface area contributed by atoms with Crippen molar-refractivity contribution in [3.63, 3.8) is 0 Å². The summed E-state index contributed by atoms with van der Waals surface area (Å²) < 4.78 is 11.0. The van der Waals surface area contributed by atoms with Gasteiger partial charge in [0.2, 0.25) is 5.91 Å². The van der Waals surface area contributed by atoms with E-state index in [0.29, 0.717) is 6.42 Å². The number of carbonyl (C=O) groups is 1. The van der Waals surface area contributed by atoms with Crippen LogP contribution in [0.1, 0.15) is 194 Å². The van der Waals surface area contributed by atoms with E-state index in [4.69, 9.17) is 9.47 Å². The second-order valence-electron chi connectivity index (χ2n) is 15.5. The van der Waals surface area contributed by atoms with Crippen molar-refractivity contribution in [2.45, 2.75) is 236 Å². The Morgan fingerprint density at radius 2 is 1.08 bits per heavy atom. The van der Waals surface area contributed by atoms with Gasteiger partial charge in [-0.25, -0.2) is 0 Å². The van der Waals surface area contributed by atoms with Crippen LogP contribution in [0.5, 0.6) is 0 Å². The first kappa shape index (κ1) is 49.7. The van der Waals surface area contributed by atoms with Gasteiger partial charge in [-0.05, 0) is 32.1 Å². The smallest absolute Gasteiger partial charge is 0.220 e. The standard InChI is InChI=1S/C44H83NO8/c1-3-5-6-7-8-9-10-11-12-13-14-15-16-17-18-19-20-21-22-23-24-25-26-27-28-29-30-31-32-34-38(47)37(45-40(48)33-4-2)36-52-44-43(51)42(50)41(49)39(35-46)53-44/h28-29,32,34,37-39,41-44,46-47,49-51H,3-27,30-31,33,35-36H2,1-2H3,(H,45,48)/b29-28+,34-32+. The number of nitrogens with one attached hydrogen (secondary N) is 1. The Kier molecular flexibility index (Phi) is 32.9. The van der Waals surface area contributed by atoms with Gasteiger partial charge in [0, 0.05) is 6.42 Å². The molecule has 1 amide bonds. The molecule has 1 aliphatic rings. The molecule has 1 saturated heterocycles. The second-order valence-corrected chi connectivity index (χ2v) is 15.5. The maximum Gasteiger partial charge on any atom is 0.220 e. The lowest BCUT2D eigenvalue weighted by atomic mass is 9.99. The van der Waals surface area contributed by atoms with Crippen molar-refractivity contribution in [2.75, 3.05) is 13.2 Å². The van der Waals surface area contributed by atoms with Crippen molar-refractivity contribution in [3.8, 4) is 0 Å². The molecular weight excluding hydrogens is 670 g/mol. The molecule has 0 spiro atoms. The Morgan fingerprint density at radius 3 is 1.55 bits per heavy atom. The predicted octanol–water partition coefficient (Wildman–Crippen LogP) is 8.72. The minimum atomic E-state index is -1.56. The third kappa shape index (κ3) is 26.2. The van der Waals surface area contributed by atoms with Gasteiger partial charge in [-0.2, -0.15) is 0 Å². The Bertz CT molecular complexity index is 883. The van der Waals surface area contributed by atoms with E-state index in [1.807, 2.05) is 13.0 Å². The van der Waals surface area contributed by atoms with E-state index < -0.39 is 49.5 Å². The van der Waals surface area contributed by atoms with E-state index in [9.17, 15) is 30.3 Å². The van der Waals surface area contributed by atoms with Crippen LogP contribution in [0, 0.1) is 0 Å². The summed E-state index contributed by atoms with van der Waals surface area (Å²) in [5.41, 5.74) is 0. The highest BCUT2D eigenvalue weighted by atomic mass is 16.7. The second kappa shape index (κ2) is 35.1. The summed E-state index contributed by atoms with van der Waals surface area (Å²) in [6, 6.07) is -0.813. The van der Waals surface area contributed by atoms with Crippen molar-refractivity contribution < 1.29 is 39.8 Å². The molecule has 312 valence electrons. The molecule has 1 fully saturated rings. The Labute approximate surface area is 324 Å². The number of unbranched alkanes of at least 4 members (excludes halogenated alkanes) is 24. The van der Waals surface area contributed by atoms with Gasteiger partial charge < -0.3 is 40.3 Å². The molecular formula is C44H83NO8. The summed E-state index contributed by atoms with van der Waals surface area (Å²) in [6.07, 6.45) is 35.7. The lowest BCUT2D eigenvalue weighted by Gasteiger charge is -2.40.